The number of aliphatic hydroxyl groups excluding tert-OH is 1. The molecule has 1 aliphatic heterocycles. The normalized spacial score (nSPS) is 18.4. The maximum absolute atomic E-state index is 13.5. The summed E-state index contributed by atoms with van der Waals surface area (Å²) in [5.41, 5.74) is 2.79. The summed E-state index contributed by atoms with van der Waals surface area (Å²) in [7, 11) is 1.33. The van der Waals surface area contributed by atoms with E-state index in [0.29, 0.717) is 31.4 Å². The Kier molecular flexibility index (Phi) is 7.64. The molecule has 2 unspecified atom stereocenters. The summed E-state index contributed by atoms with van der Waals surface area (Å²) in [6.07, 6.45) is 4.13. The van der Waals surface area contributed by atoms with Crippen molar-refractivity contribution in [3.8, 4) is 11.1 Å². The van der Waals surface area contributed by atoms with Crippen LogP contribution in [0.25, 0.3) is 11.1 Å². The van der Waals surface area contributed by atoms with Crippen LogP contribution in [0.15, 0.2) is 67.0 Å². The van der Waals surface area contributed by atoms with E-state index in [4.69, 9.17) is 9.47 Å². The minimum atomic E-state index is -0.898. The molecule has 2 aromatic carbocycles. The Bertz CT molecular complexity index is 1220. The number of pyridine rings is 1. The predicted octanol–water partition coefficient (Wildman–Crippen LogP) is 5.25. The lowest BCUT2D eigenvalue weighted by Crippen LogP contribution is -2.48. The second kappa shape index (κ2) is 10.9. The van der Waals surface area contributed by atoms with E-state index in [0.717, 1.165) is 22.3 Å². The van der Waals surface area contributed by atoms with Crippen molar-refractivity contribution in [2.24, 2.45) is 0 Å². The van der Waals surface area contributed by atoms with E-state index in [1.165, 1.54) is 25.4 Å². The van der Waals surface area contributed by atoms with Gasteiger partial charge in [-0.15, -0.1) is 0 Å². The Morgan fingerprint density at radius 1 is 1.17 bits per heavy atom. The van der Waals surface area contributed by atoms with Crippen LogP contribution in [0.4, 0.5) is 9.18 Å². The molecule has 2 atom stereocenters. The fourth-order valence-corrected chi connectivity index (χ4v) is 4.62. The van der Waals surface area contributed by atoms with Crippen molar-refractivity contribution < 1.29 is 28.6 Å². The average Bonchev–Trinajstić information content (AvgIpc) is 2.91. The Morgan fingerprint density at radius 3 is 2.53 bits per heavy atom. The minimum Gasteiger partial charge on any atom is -0.465 e. The first-order valence-corrected chi connectivity index (χ1v) is 11.9. The van der Waals surface area contributed by atoms with Crippen molar-refractivity contribution in [3.05, 3.63) is 89.5 Å². The van der Waals surface area contributed by atoms with E-state index >= 15 is 0 Å². The van der Waals surface area contributed by atoms with Crippen LogP contribution in [0.2, 0.25) is 0 Å². The van der Waals surface area contributed by atoms with Crippen LogP contribution in [0.5, 0.6) is 0 Å². The summed E-state index contributed by atoms with van der Waals surface area (Å²) < 4.78 is 24.3. The Hall–Kier alpha value is -3.78. The first kappa shape index (κ1) is 25.3. The fraction of sp³-hybridized carbons (Fsp3) is 0.321. The minimum absolute atomic E-state index is 0.0228. The van der Waals surface area contributed by atoms with Crippen LogP contribution in [-0.2, 0) is 15.1 Å². The molecule has 0 spiro atoms. The molecule has 1 N–H and O–H groups in total. The Morgan fingerprint density at radius 2 is 1.89 bits per heavy atom. The molecular weight excluding hydrogens is 463 g/mol. The zero-order valence-corrected chi connectivity index (χ0v) is 20.3. The fourth-order valence-electron chi connectivity index (χ4n) is 4.62. The van der Waals surface area contributed by atoms with Gasteiger partial charge < -0.3 is 19.5 Å². The summed E-state index contributed by atoms with van der Waals surface area (Å²) >= 11 is 0. The van der Waals surface area contributed by atoms with Crippen LogP contribution in [0.1, 0.15) is 53.7 Å². The number of amides is 1. The molecule has 188 valence electrons. The topological polar surface area (TPSA) is 89.0 Å². The van der Waals surface area contributed by atoms with Gasteiger partial charge in [-0.1, -0.05) is 36.4 Å². The summed E-state index contributed by atoms with van der Waals surface area (Å²) in [6.45, 7) is 2.37. The van der Waals surface area contributed by atoms with Gasteiger partial charge in [0, 0.05) is 37.5 Å². The number of hydrogen-bond acceptors (Lipinski definition) is 6. The lowest BCUT2D eigenvalue weighted by molar-refractivity contribution is -0.0680. The van der Waals surface area contributed by atoms with Gasteiger partial charge in [-0.2, -0.15) is 0 Å². The third-order valence-corrected chi connectivity index (χ3v) is 6.74. The zero-order valence-electron chi connectivity index (χ0n) is 20.3. The molecule has 0 radical (unpaired) electrons. The average molecular weight is 493 g/mol. The second-order valence-electron chi connectivity index (χ2n) is 8.89. The number of aliphatic hydroxyl groups is 1. The predicted molar refractivity (Wildman–Crippen MR) is 132 cm³/mol. The lowest BCUT2D eigenvalue weighted by Gasteiger charge is -2.43. The van der Waals surface area contributed by atoms with Crippen molar-refractivity contribution in [1.82, 2.24) is 9.88 Å². The molecule has 3 aromatic rings. The van der Waals surface area contributed by atoms with Gasteiger partial charge in [0.1, 0.15) is 11.4 Å². The number of methoxy groups -OCH3 is 1. The molecular formula is C28H29FN2O5. The van der Waals surface area contributed by atoms with Crippen LogP contribution < -0.4 is 0 Å². The third-order valence-electron chi connectivity index (χ3n) is 6.74. The van der Waals surface area contributed by atoms with E-state index in [9.17, 15) is 19.1 Å². The molecule has 1 amide bonds. The number of aromatic nitrogens is 1. The van der Waals surface area contributed by atoms with Gasteiger partial charge in [0.15, 0.2) is 0 Å². The highest BCUT2D eigenvalue weighted by molar-refractivity contribution is 5.90. The highest BCUT2D eigenvalue weighted by atomic mass is 19.1. The number of benzene rings is 2. The van der Waals surface area contributed by atoms with E-state index < -0.39 is 17.7 Å². The molecule has 2 heterocycles. The van der Waals surface area contributed by atoms with Crippen molar-refractivity contribution in [2.45, 2.75) is 37.8 Å². The molecule has 7 nitrogen and oxygen atoms in total. The van der Waals surface area contributed by atoms with Crippen molar-refractivity contribution in [2.75, 3.05) is 20.3 Å². The van der Waals surface area contributed by atoms with Crippen molar-refractivity contribution in [3.63, 3.8) is 0 Å². The summed E-state index contributed by atoms with van der Waals surface area (Å²) in [4.78, 5) is 30.8. The first-order valence-electron chi connectivity index (χ1n) is 11.9. The van der Waals surface area contributed by atoms with E-state index in [1.807, 2.05) is 31.2 Å². The van der Waals surface area contributed by atoms with Gasteiger partial charge in [0.05, 0.1) is 18.7 Å². The number of hydrogen-bond donors (Lipinski definition) is 1. The van der Waals surface area contributed by atoms with Gasteiger partial charge in [-0.25, -0.2) is 14.0 Å². The van der Waals surface area contributed by atoms with Crippen molar-refractivity contribution in [1.29, 1.82) is 0 Å². The molecule has 1 saturated heterocycles. The Labute approximate surface area is 209 Å². The van der Waals surface area contributed by atoms with Gasteiger partial charge >= 0.3 is 12.1 Å². The lowest BCUT2D eigenvalue weighted by atomic mass is 9.84. The number of esters is 1. The highest BCUT2D eigenvalue weighted by Crippen LogP contribution is 2.40. The number of rotatable bonds is 8. The SMILES string of the molecule is COC(=O)c1cncc(-c2ccc(C(C)N3CCC(CCCO)(c4ccc(F)cc4)OC3=O)cc2)c1. The molecule has 4 rings (SSSR count). The number of carbonyl (C=O) groups is 2. The maximum Gasteiger partial charge on any atom is 0.411 e. The molecule has 1 aromatic heterocycles. The Balaban J connectivity index is 1.50. The van der Waals surface area contributed by atoms with E-state index in [-0.39, 0.29) is 18.5 Å². The van der Waals surface area contributed by atoms with E-state index in [1.54, 1.807) is 29.3 Å². The van der Waals surface area contributed by atoms with Gasteiger partial charge in [0.2, 0.25) is 0 Å². The standard InChI is InChI=1S/C28H29FN2O5/c1-19(20-4-6-21(7-5-20)22-16-23(18-30-17-22)26(33)35-2)31-14-13-28(12-3-15-32,36-27(31)34)24-8-10-25(29)11-9-24/h4-11,16-19,32H,3,12-15H2,1-2H3. The van der Waals surface area contributed by atoms with Gasteiger partial charge in [-0.05, 0) is 54.7 Å². The maximum atomic E-state index is 13.5. The molecule has 1 fully saturated rings. The second-order valence-corrected chi connectivity index (χ2v) is 8.89. The largest absolute Gasteiger partial charge is 0.465 e. The number of carbonyl (C=O) groups excluding carboxylic acids is 2. The molecule has 0 aliphatic carbocycles. The third kappa shape index (κ3) is 5.23. The summed E-state index contributed by atoms with van der Waals surface area (Å²) in [5.74, 6) is -0.807. The van der Waals surface area contributed by atoms with Gasteiger partial charge in [-0.3, -0.25) is 4.98 Å². The number of cyclic esters (lactones) is 1. The van der Waals surface area contributed by atoms with E-state index in [2.05, 4.69) is 4.98 Å². The van der Waals surface area contributed by atoms with Gasteiger partial charge in [0.25, 0.3) is 0 Å². The zero-order chi connectivity index (χ0) is 25.7. The molecule has 8 heteroatoms. The van der Waals surface area contributed by atoms with Crippen LogP contribution >= 0.6 is 0 Å². The molecule has 0 bridgehead atoms. The molecule has 1 aliphatic rings. The van der Waals surface area contributed by atoms with Crippen LogP contribution in [0, 0.1) is 5.82 Å². The highest BCUT2D eigenvalue weighted by Gasteiger charge is 2.43. The summed E-state index contributed by atoms with van der Waals surface area (Å²) in [6, 6.07) is 15.2. The monoisotopic (exact) mass is 492 g/mol. The quantitative estimate of drug-likeness (QED) is 0.433. The molecule has 0 saturated carbocycles. The number of halogens is 1. The van der Waals surface area contributed by atoms with Crippen LogP contribution in [-0.4, -0.2) is 47.3 Å². The number of ether oxygens (including phenoxy) is 2. The van der Waals surface area contributed by atoms with Crippen LogP contribution in [0.3, 0.4) is 0 Å². The first-order chi connectivity index (χ1) is 17.4. The molecule has 36 heavy (non-hydrogen) atoms. The smallest absolute Gasteiger partial charge is 0.411 e. The number of nitrogens with zero attached hydrogens (tertiary/aromatic N) is 2. The summed E-state index contributed by atoms with van der Waals surface area (Å²) in [5, 5.41) is 9.38. The van der Waals surface area contributed by atoms with Crippen molar-refractivity contribution >= 4 is 12.1 Å².